The van der Waals surface area contributed by atoms with Gasteiger partial charge < -0.3 is 20.4 Å². The Labute approximate surface area is 87.9 Å². The van der Waals surface area contributed by atoms with Crippen LogP contribution in [0, 0.1) is 0 Å². The molecule has 1 saturated heterocycles. The Bertz CT molecular complexity index is 269. The van der Waals surface area contributed by atoms with Crippen LogP contribution in [0.1, 0.15) is 13.3 Å². The van der Waals surface area contributed by atoms with Gasteiger partial charge in [-0.15, -0.1) is 0 Å². The van der Waals surface area contributed by atoms with Gasteiger partial charge >= 0.3 is 5.97 Å². The van der Waals surface area contributed by atoms with Crippen molar-refractivity contribution in [1.29, 1.82) is 0 Å². The summed E-state index contributed by atoms with van der Waals surface area (Å²) in [6.45, 7) is 1.83. The highest BCUT2D eigenvalue weighted by Gasteiger charge is 2.33. The van der Waals surface area contributed by atoms with E-state index in [0.717, 1.165) is 0 Å². The molecule has 0 saturated carbocycles. The van der Waals surface area contributed by atoms with Gasteiger partial charge in [0.05, 0.1) is 12.1 Å². The van der Waals surface area contributed by atoms with Gasteiger partial charge in [0.2, 0.25) is 5.91 Å². The normalized spacial score (nSPS) is 27.4. The van der Waals surface area contributed by atoms with Crippen LogP contribution >= 0.6 is 0 Å². The Kier molecular flexibility index (Phi) is 3.65. The van der Waals surface area contributed by atoms with Gasteiger partial charge in [-0.2, -0.15) is 0 Å². The first-order chi connectivity index (χ1) is 6.93. The topological polar surface area (TPSA) is 89.9 Å². The quantitative estimate of drug-likeness (QED) is 0.542. The number of carbonyl (C=O) groups excluding carboxylic acids is 1. The number of aliphatic hydroxyl groups is 1. The van der Waals surface area contributed by atoms with Crippen LogP contribution in [-0.2, 0) is 9.59 Å². The Morgan fingerprint density at radius 2 is 2.13 bits per heavy atom. The fourth-order valence-corrected chi connectivity index (χ4v) is 1.51. The molecule has 0 aromatic carbocycles. The molecule has 3 unspecified atom stereocenters. The third kappa shape index (κ3) is 2.66. The summed E-state index contributed by atoms with van der Waals surface area (Å²) in [6, 6.07) is -1.32. The number of aliphatic carboxylic acids is 1. The Hall–Kier alpha value is -1.14. The summed E-state index contributed by atoms with van der Waals surface area (Å²) in [5.41, 5.74) is 0. The van der Waals surface area contributed by atoms with Gasteiger partial charge in [0.15, 0.2) is 0 Å². The van der Waals surface area contributed by atoms with Crippen molar-refractivity contribution in [2.24, 2.45) is 0 Å². The van der Waals surface area contributed by atoms with Crippen LogP contribution in [0.25, 0.3) is 0 Å². The van der Waals surface area contributed by atoms with E-state index in [9.17, 15) is 14.7 Å². The number of likely N-dealkylation sites (N-methyl/N-ethyl adjacent to an activating group) is 1. The number of aliphatic hydroxyl groups excluding tert-OH is 1. The van der Waals surface area contributed by atoms with Crippen LogP contribution in [0.3, 0.4) is 0 Å². The maximum Gasteiger partial charge on any atom is 0.326 e. The minimum atomic E-state index is -1.04. The van der Waals surface area contributed by atoms with Gasteiger partial charge in [0.25, 0.3) is 0 Å². The van der Waals surface area contributed by atoms with Crippen molar-refractivity contribution in [3.63, 3.8) is 0 Å². The number of hydrogen-bond acceptors (Lipinski definition) is 4. The highest BCUT2D eigenvalue weighted by atomic mass is 16.4. The van der Waals surface area contributed by atoms with Crippen molar-refractivity contribution in [2.45, 2.75) is 31.5 Å². The number of hydrogen-bond donors (Lipinski definition) is 3. The molecule has 0 aliphatic carbocycles. The summed E-state index contributed by atoms with van der Waals surface area (Å²) in [6.07, 6.45) is -0.178. The maximum absolute atomic E-state index is 11.7. The van der Waals surface area contributed by atoms with Crippen LogP contribution in [-0.4, -0.2) is 58.8 Å². The van der Waals surface area contributed by atoms with E-state index in [1.807, 2.05) is 0 Å². The zero-order valence-corrected chi connectivity index (χ0v) is 8.80. The standard InChI is InChI=1S/C9H16N2O4/c1-5(9(14)15)11(2)8(13)7-3-6(12)4-10-7/h5-7,10,12H,3-4H2,1-2H3,(H,14,15). The molecule has 15 heavy (non-hydrogen) atoms. The SMILES string of the molecule is CC(C(=O)O)N(C)C(=O)C1CC(O)CN1. The number of nitrogens with zero attached hydrogens (tertiary/aromatic N) is 1. The molecule has 3 N–H and O–H groups in total. The van der Waals surface area contributed by atoms with E-state index in [2.05, 4.69) is 5.32 Å². The number of carboxylic acids is 1. The third-order valence-corrected chi connectivity index (χ3v) is 2.69. The molecule has 0 bridgehead atoms. The van der Waals surface area contributed by atoms with Gasteiger partial charge in [-0.3, -0.25) is 4.79 Å². The van der Waals surface area contributed by atoms with Crippen LogP contribution in [0.2, 0.25) is 0 Å². The van der Waals surface area contributed by atoms with Crippen molar-refractivity contribution in [1.82, 2.24) is 10.2 Å². The Morgan fingerprint density at radius 3 is 2.53 bits per heavy atom. The lowest BCUT2D eigenvalue weighted by Gasteiger charge is -2.24. The van der Waals surface area contributed by atoms with Gasteiger partial charge in [0.1, 0.15) is 6.04 Å². The summed E-state index contributed by atoms with van der Waals surface area (Å²) in [5.74, 6) is -1.33. The molecule has 0 aromatic rings. The number of rotatable bonds is 3. The second-order valence-corrected chi connectivity index (χ2v) is 3.81. The Balaban J connectivity index is 2.56. The lowest BCUT2D eigenvalue weighted by Crippen LogP contribution is -2.48. The summed E-state index contributed by atoms with van der Waals surface area (Å²) < 4.78 is 0. The molecule has 0 spiro atoms. The van der Waals surface area contributed by atoms with Gasteiger partial charge in [-0.1, -0.05) is 0 Å². The molecule has 0 aromatic heterocycles. The van der Waals surface area contributed by atoms with E-state index in [0.29, 0.717) is 13.0 Å². The lowest BCUT2D eigenvalue weighted by atomic mass is 10.1. The smallest absolute Gasteiger partial charge is 0.326 e. The zero-order chi connectivity index (χ0) is 11.6. The first kappa shape index (κ1) is 11.9. The number of β-amino-alcohol motifs (C(OH)–C–C–N with tert-alkyl or cyclic N) is 1. The predicted octanol–water partition coefficient (Wildman–Crippen LogP) is -1.36. The van der Waals surface area contributed by atoms with E-state index >= 15 is 0 Å². The molecule has 1 rings (SSSR count). The third-order valence-electron chi connectivity index (χ3n) is 2.69. The van der Waals surface area contributed by atoms with Crippen molar-refractivity contribution in [2.75, 3.05) is 13.6 Å². The van der Waals surface area contributed by atoms with Crippen LogP contribution in [0.15, 0.2) is 0 Å². The van der Waals surface area contributed by atoms with Gasteiger partial charge in [0, 0.05) is 13.6 Å². The number of amides is 1. The van der Waals surface area contributed by atoms with Crippen LogP contribution < -0.4 is 5.32 Å². The number of carbonyl (C=O) groups is 2. The van der Waals surface area contributed by atoms with Crippen LogP contribution in [0.5, 0.6) is 0 Å². The number of nitrogens with one attached hydrogen (secondary N) is 1. The molecule has 6 heteroatoms. The van der Waals surface area contributed by atoms with E-state index in [-0.39, 0.29) is 5.91 Å². The fraction of sp³-hybridized carbons (Fsp3) is 0.778. The van der Waals surface area contributed by atoms with Gasteiger partial charge in [-0.25, -0.2) is 4.79 Å². The second kappa shape index (κ2) is 4.59. The van der Waals surface area contributed by atoms with Crippen molar-refractivity contribution < 1.29 is 19.8 Å². The number of carboxylic acid groups (broad SMARTS) is 1. The molecule has 86 valence electrons. The predicted molar refractivity (Wildman–Crippen MR) is 52.3 cm³/mol. The highest BCUT2D eigenvalue weighted by molar-refractivity contribution is 5.86. The second-order valence-electron chi connectivity index (χ2n) is 3.81. The molecule has 6 nitrogen and oxygen atoms in total. The molecular formula is C9H16N2O4. The monoisotopic (exact) mass is 216 g/mol. The molecule has 3 atom stereocenters. The zero-order valence-electron chi connectivity index (χ0n) is 8.80. The van der Waals surface area contributed by atoms with Crippen molar-refractivity contribution >= 4 is 11.9 Å². The summed E-state index contributed by atoms with van der Waals surface area (Å²) in [7, 11) is 1.45. The molecule has 0 radical (unpaired) electrons. The average molecular weight is 216 g/mol. The molecule has 1 aliphatic rings. The van der Waals surface area contributed by atoms with Crippen molar-refractivity contribution in [3.8, 4) is 0 Å². The molecule has 1 aliphatic heterocycles. The highest BCUT2D eigenvalue weighted by Crippen LogP contribution is 2.10. The molecule has 1 amide bonds. The maximum atomic E-state index is 11.7. The van der Waals surface area contributed by atoms with Gasteiger partial charge in [-0.05, 0) is 13.3 Å². The van der Waals surface area contributed by atoms with E-state index in [1.54, 1.807) is 0 Å². The summed E-state index contributed by atoms with van der Waals surface area (Å²) >= 11 is 0. The molecular weight excluding hydrogens is 200 g/mol. The summed E-state index contributed by atoms with van der Waals surface area (Å²) in [4.78, 5) is 23.6. The fourth-order valence-electron chi connectivity index (χ4n) is 1.51. The van der Waals surface area contributed by atoms with E-state index in [1.165, 1.54) is 18.9 Å². The first-order valence-corrected chi connectivity index (χ1v) is 4.84. The summed E-state index contributed by atoms with van der Waals surface area (Å²) in [5, 5.41) is 20.8. The van der Waals surface area contributed by atoms with Crippen molar-refractivity contribution in [3.05, 3.63) is 0 Å². The molecule has 1 heterocycles. The molecule has 1 fully saturated rings. The minimum absolute atomic E-state index is 0.290. The van der Waals surface area contributed by atoms with Crippen LogP contribution in [0.4, 0.5) is 0 Å². The average Bonchev–Trinajstić information content (AvgIpc) is 2.61. The first-order valence-electron chi connectivity index (χ1n) is 4.84. The minimum Gasteiger partial charge on any atom is -0.480 e. The largest absolute Gasteiger partial charge is 0.480 e. The Morgan fingerprint density at radius 1 is 1.53 bits per heavy atom. The lowest BCUT2D eigenvalue weighted by molar-refractivity contribution is -0.148. The van der Waals surface area contributed by atoms with E-state index in [4.69, 9.17) is 5.11 Å². The van der Waals surface area contributed by atoms with E-state index < -0.39 is 24.2 Å².